The molecule has 2 N–H and O–H groups in total. The first-order valence-electron chi connectivity index (χ1n) is 10.2. The molecule has 0 saturated heterocycles. The molecule has 2 heterocycles. The van der Waals surface area contributed by atoms with Crippen molar-refractivity contribution in [3.05, 3.63) is 65.6 Å². The number of nitrogens with zero attached hydrogens (tertiary/aromatic N) is 2. The highest BCUT2D eigenvalue weighted by Crippen LogP contribution is 2.17. The number of fused-ring (bicyclic) bond motifs is 1. The number of hydrogen-bond donors (Lipinski definition) is 2. The van der Waals surface area contributed by atoms with Crippen molar-refractivity contribution in [1.82, 2.24) is 20.2 Å². The zero-order valence-corrected chi connectivity index (χ0v) is 17.1. The van der Waals surface area contributed by atoms with Crippen molar-refractivity contribution in [2.75, 3.05) is 19.6 Å². The Balaban J connectivity index is 1.62. The van der Waals surface area contributed by atoms with Gasteiger partial charge in [0.05, 0.1) is 11.1 Å². The second-order valence-corrected chi connectivity index (χ2v) is 7.12. The molecule has 0 aliphatic heterocycles. The molecular formula is C23H28N4O2. The number of amides is 2. The van der Waals surface area contributed by atoms with E-state index in [0.717, 1.165) is 30.3 Å². The molecule has 6 nitrogen and oxygen atoms in total. The Morgan fingerprint density at radius 3 is 2.55 bits per heavy atom. The highest BCUT2D eigenvalue weighted by molar-refractivity contribution is 5.99. The van der Waals surface area contributed by atoms with E-state index in [1.807, 2.05) is 43.1 Å². The second-order valence-electron chi connectivity index (χ2n) is 7.12. The van der Waals surface area contributed by atoms with Gasteiger partial charge < -0.3 is 15.2 Å². The van der Waals surface area contributed by atoms with Crippen LogP contribution in [0.5, 0.6) is 0 Å². The monoisotopic (exact) mass is 392 g/mol. The third-order valence-electron chi connectivity index (χ3n) is 4.88. The molecule has 3 aromatic rings. The lowest BCUT2D eigenvalue weighted by Gasteiger charge is -2.21. The zero-order valence-electron chi connectivity index (χ0n) is 17.1. The number of nitrogens with one attached hydrogen (secondary N) is 2. The highest BCUT2D eigenvalue weighted by Gasteiger charge is 2.16. The van der Waals surface area contributed by atoms with Crippen LogP contribution in [0.3, 0.4) is 0 Å². The number of benzene rings is 1. The van der Waals surface area contributed by atoms with E-state index in [4.69, 9.17) is 0 Å². The summed E-state index contributed by atoms with van der Waals surface area (Å²) in [4.78, 5) is 34.5. The first-order valence-corrected chi connectivity index (χ1v) is 10.2. The molecule has 2 aromatic heterocycles. The van der Waals surface area contributed by atoms with E-state index < -0.39 is 0 Å². The Bertz CT molecular complexity index is 974. The van der Waals surface area contributed by atoms with E-state index in [2.05, 4.69) is 21.4 Å². The topological polar surface area (TPSA) is 78.1 Å². The summed E-state index contributed by atoms with van der Waals surface area (Å²) in [5.41, 5.74) is 3.12. The van der Waals surface area contributed by atoms with Crippen molar-refractivity contribution < 1.29 is 9.59 Å². The Morgan fingerprint density at radius 2 is 1.79 bits per heavy atom. The van der Waals surface area contributed by atoms with Crippen LogP contribution < -0.4 is 5.32 Å². The van der Waals surface area contributed by atoms with Crippen LogP contribution in [0.15, 0.2) is 48.9 Å². The largest absolute Gasteiger partial charge is 0.361 e. The number of aromatic amines is 1. The Labute approximate surface area is 171 Å². The number of aromatic nitrogens is 2. The van der Waals surface area contributed by atoms with Crippen molar-refractivity contribution >= 4 is 22.7 Å². The SMILES string of the molecule is CCCN(CCC)C(=O)c1cncc(C(=O)NCCc2c[nH]c3ccccc23)c1. The van der Waals surface area contributed by atoms with Gasteiger partial charge in [-0.05, 0) is 37.0 Å². The van der Waals surface area contributed by atoms with Gasteiger partial charge >= 0.3 is 0 Å². The Morgan fingerprint density at radius 1 is 1.07 bits per heavy atom. The molecule has 0 saturated carbocycles. The van der Waals surface area contributed by atoms with Crippen molar-refractivity contribution in [2.45, 2.75) is 33.1 Å². The molecule has 0 aliphatic carbocycles. The summed E-state index contributed by atoms with van der Waals surface area (Å²) in [6.45, 7) is 6.01. The first-order chi connectivity index (χ1) is 14.1. The van der Waals surface area contributed by atoms with E-state index in [1.54, 1.807) is 6.07 Å². The summed E-state index contributed by atoms with van der Waals surface area (Å²) in [6, 6.07) is 9.74. The third-order valence-corrected chi connectivity index (χ3v) is 4.88. The second kappa shape index (κ2) is 9.87. The van der Waals surface area contributed by atoms with Crippen LogP contribution >= 0.6 is 0 Å². The Kier molecular flexibility index (Phi) is 7.00. The number of hydrogen-bond acceptors (Lipinski definition) is 3. The molecule has 152 valence electrons. The van der Waals surface area contributed by atoms with Crippen molar-refractivity contribution in [3.63, 3.8) is 0 Å². The minimum absolute atomic E-state index is 0.0744. The van der Waals surface area contributed by atoms with E-state index >= 15 is 0 Å². The predicted molar refractivity (Wildman–Crippen MR) is 115 cm³/mol. The van der Waals surface area contributed by atoms with Gasteiger partial charge in [-0.3, -0.25) is 14.6 Å². The predicted octanol–water partition coefficient (Wildman–Crippen LogP) is 3.80. The van der Waals surface area contributed by atoms with Gasteiger partial charge in [-0.2, -0.15) is 0 Å². The summed E-state index contributed by atoms with van der Waals surface area (Å²) >= 11 is 0. The average molecular weight is 393 g/mol. The molecule has 3 rings (SSSR count). The molecular weight excluding hydrogens is 364 g/mol. The lowest BCUT2D eigenvalue weighted by Crippen LogP contribution is -2.33. The Hall–Kier alpha value is -3.15. The standard InChI is InChI=1S/C23H28N4O2/c1-3-11-27(12-4-2)23(29)19-13-18(14-24-15-19)22(28)25-10-9-17-16-26-21-8-6-5-7-20(17)21/h5-8,13-16,26H,3-4,9-12H2,1-2H3,(H,25,28). The first kappa shape index (κ1) is 20.6. The van der Waals surface area contributed by atoms with Crippen LogP contribution in [-0.2, 0) is 6.42 Å². The van der Waals surface area contributed by atoms with Gasteiger partial charge in [0.1, 0.15) is 0 Å². The van der Waals surface area contributed by atoms with Crippen molar-refractivity contribution in [1.29, 1.82) is 0 Å². The molecule has 0 radical (unpaired) electrons. The summed E-state index contributed by atoms with van der Waals surface area (Å²) in [6.07, 6.45) is 7.53. The molecule has 0 atom stereocenters. The number of carbonyl (C=O) groups is 2. The van der Waals surface area contributed by atoms with E-state index in [1.165, 1.54) is 17.8 Å². The van der Waals surface area contributed by atoms with Crippen molar-refractivity contribution in [2.24, 2.45) is 0 Å². The number of para-hydroxylation sites is 1. The number of carbonyl (C=O) groups excluding carboxylic acids is 2. The fourth-order valence-corrected chi connectivity index (χ4v) is 3.47. The smallest absolute Gasteiger partial charge is 0.255 e. The van der Waals surface area contributed by atoms with E-state index in [0.29, 0.717) is 30.8 Å². The molecule has 0 aliphatic rings. The molecule has 29 heavy (non-hydrogen) atoms. The normalized spacial score (nSPS) is 10.8. The summed E-state index contributed by atoms with van der Waals surface area (Å²) in [7, 11) is 0. The maximum atomic E-state index is 12.7. The molecule has 6 heteroatoms. The number of rotatable bonds is 9. The fourth-order valence-electron chi connectivity index (χ4n) is 3.47. The number of pyridine rings is 1. The third kappa shape index (κ3) is 5.02. The van der Waals surface area contributed by atoms with Gasteiger partial charge in [-0.1, -0.05) is 32.0 Å². The molecule has 2 amide bonds. The van der Waals surface area contributed by atoms with Crippen LogP contribution in [0.2, 0.25) is 0 Å². The minimum atomic E-state index is -0.218. The lowest BCUT2D eigenvalue weighted by atomic mass is 10.1. The van der Waals surface area contributed by atoms with Gasteiger partial charge in [0.2, 0.25) is 0 Å². The van der Waals surface area contributed by atoms with Crippen molar-refractivity contribution in [3.8, 4) is 0 Å². The van der Waals surface area contributed by atoms with E-state index in [9.17, 15) is 9.59 Å². The molecule has 0 unspecified atom stereocenters. The van der Waals surface area contributed by atoms with Crippen LogP contribution in [0, 0.1) is 0 Å². The summed E-state index contributed by atoms with van der Waals surface area (Å²) in [5, 5.41) is 4.10. The zero-order chi connectivity index (χ0) is 20.6. The van der Waals surface area contributed by atoms with Crippen LogP contribution in [0.1, 0.15) is 53.0 Å². The average Bonchev–Trinajstić information content (AvgIpc) is 3.16. The minimum Gasteiger partial charge on any atom is -0.361 e. The lowest BCUT2D eigenvalue weighted by molar-refractivity contribution is 0.0755. The van der Waals surface area contributed by atoms with Crippen LogP contribution in [-0.4, -0.2) is 46.3 Å². The van der Waals surface area contributed by atoms with Gasteiger partial charge in [0, 0.05) is 49.1 Å². The molecule has 0 fully saturated rings. The van der Waals surface area contributed by atoms with Crippen LogP contribution in [0.4, 0.5) is 0 Å². The fraction of sp³-hybridized carbons (Fsp3) is 0.348. The van der Waals surface area contributed by atoms with Gasteiger partial charge in [-0.15, -0.1) is 0 Å². The van der Waals surface area contributed by atoms with Gasteiger partial charge in [0.15, 0.2) is 0 Å². The summed E-state index contributed by atoms with van der Waals surface area (Å²) < 4.78 is 0. The molecule has 0 bridgehead atoms. The van der Waals surface area contributed by atoms with Gasteiger partial charge in [-0.25, -0.2) is 0 Å². The quantitative estimate of drug-likeness (QED) is 0.581. The van der Waals surface area contributed by atoms with Gasteiger partial charge in [0.25, 0.3) is 11.8 Å². The maximum Gasteiger partial charge on any atom is 0.255 e. The van der Waals surface area contributed by atoms with Crippen LogP contribution in [0.25, 0.3) is 10.9 Å². The highest BCUT2D eigenvalue weighted by atomic mass is 16.2. The van der Waals surface area contributed by atoms with E-state index in [-0.39, 0.29) is 11.8 Å². The summed E-state index contributed by atoms with van der Waals surface area (Å²) in [5.74, 6) is -0.292. The molecule has 0 spiro atoms. The number of H-pyrrole nitrogens is 1. The maximum absolute atomic E-state index is 12.7. The molecule has 1 aromatic carbocycles.